The van der Waals surface area contributed by atoms with Gasteiger partial charge in [0.25, 0.3) is 0 Å². The van der Waals surface area contributed by atoms with Crippen LogP contribution in [-0.2, 0) is 11.2 Å². The minimum absolute atomic E-state index is 0.00746. The summed E-state index contributed by atoms with van der Waals surface area (Å²) in [6, 6.07) is 6.52. The van der Waals surface area contributed by atoms with Crippen LogP contribution in [0.1, 0.15) is 39.7 Å². The second-order valence-electron chi connectivity index (χ2n) is 6.34. The number of amides is 1. The zero-order valence-electron chi connectivity index (χ0n) is 13.4. The Morgan fingerprint density at radius 1 is 1.38 bits per heavy atom. The molecular weight excluding hydrogens is 267 g/mol. The van der Waals surface area contributed by atoms with Gasteiger partial charge in [-0.15, -0.1) is 0 Å². The molecule has 1 amide bonds. The van der Waals surface area contributed by atoms with E-state index in [4.69, 9.17) is 5.73 Å². The standard InChI is InChI=1S/C17H27FN2O/c1-12(2)17(4,11-19)20-16(21)13(3)8-9-14-6-5-7-15(18)10-14/h5-7,10,12-13H,8-9,11,19H2,1-4H3,(H,20,21). The van der Waals surface area contributed by atoms with Gasteiger partial charge in [-0.05, 0) is 43.4 Å². The maximum Gasteiger partial charge on any atom is 0.223 e. The number of carbonyl (C=O) groups is 1. The maximum atomic E-state index is 13.1. The van der Waals surface area contributed by atoms with Crippen LogP contribution < -0.4 is 11.1 Å². The normalized spacial score (nSPS) is 15.6. The first-order chi connectivity index (χ1) is 9.78. The topological polar surface area (TPSA) is 55.1 Å². The number of hydrogen-bond acceptors (Lipinski definition) is 2. The van der Waals surface area contributed by atoms with Gasteiger partial charge in [-0.2, -0.15) is 0 Å². The molecule has 1 aromatic rings. The van der Waals surface area contributed by atoms with Crippen molar-refractivity contribution < 1.29 is 9.18 Å². The summed E-state index contributed by atoms with van der Waals surface area (Å²) in [6.07, 6.45) is 1.38. The van der Waals surface area contributed by atoms with Gasteiger partial charge in [0.2, 0.25) is 5.91 Å². The SMILES string of the molecule is CC(CCc1cccc(F)c1)C(=O)NC(C)(CN)C(C)C. The summed E-state index contributed by atoms with van der Waals surface area (Å²) in [6.45, 7) is 8.36. The minimum atomic E-state index is -0.385. The van der Waals surface area contributed by atoms with Gasteiger partial charge >= 0.3 is 0 Å². The zero-order valence-corrected chi connectivity index (χ0v) is 13.4. The summed E-state index contributed by atoms with van der Waals surface area (Å²) in [5.41, 5.74) is 6.31. The summed E-state index contributed by atoms with van der Waals surface area (Å²) in [4.78, 5) is 12.3. The average Bonchev–Trinajstić information content (AvgIpc) is 2.44. The molecule has 4 heteroatoms. The molecule has 3 nitrogen and oxygen atoms in total. The van der Waals surface area contributed by atoms with Crippen LogP contribution in [0.4, 0.5) is 4.39 Å². The highest BCUT2D eigenvalue weighted by Crippen LogP contribution is 2.17. The van der Waals surface area contributed by atoms with Gasteiger partial charge < -0.3 is 11.1 Å². The van der Waals surface area contributed by atoms with Crippen LogP contribution in [-0.4, -0.2) is 18.0 Å². The Bertz CT molecular complexity index is 476. The van der Waals surface area contributed by atoms with Gasteiger partial charge in [0.05, 0.1) is 5.54 Å². The number of carbonyl (C=O) groups excluding carboxylic acids is 1. The van der Waals surface area contributed by atoms with E-state index in [0.717, 1.165) is 5.56 Å². The number of aryl methyl sites for hydroxylation is 1. The predicted molar refractivity (Wildman–Crippen MR) is 84.3 cm³/mol. The van der Waals surface area contributed by atoms with E-state index in [1.165, 1.54) is 12.1 Å². The summed E-state index contributed by atoms with van der Waals surface area (Å²) in [5.74, 6) is -0.0899. The van der Waals surface area contributed by atoms with E-state index >= 15 is 0 Å². The summed E-state index contributed by atoms with van der Waals surface area (Å²) < 4.78 is 13.1. The van der Waals surface area contributed by atoms with Gasteiger partial charge in [0.15, 0.2) is 0 Å². The molecule has 0 heterocycles. The Morgan fingerprint density at radius 3 is 2.57 bits per heavy atom. The quantitative estimate of drug-likeness (QED) is 0.812. The van der Waals surface area contributed by atoms with Crippen LogP contribution in [0.3, 0.4) is 0 Å². The van der Waals surface area contributed by atoms with Crippen LogP contribution in [0, 0.1) is 17.7 Å². The Kier molecular flexibility index (Phi) is 6.34. The van der Waals surface area contributed by atoms with Crippen molar-refractivity contribution in [2.75, 3.05) is 6.54 Å². The predicted octanol–water partition coefficient (Wildman–Crippen LogP) is 2.88. The van der Waals surface area contributed by atoms with Crippen molar-refractivity contribution in [2.45, 2.75) is 46.1 Å². The number of nitrogens with two attached hydrogens (primary N) is 1. The van der Waals surface area contributed by atoms with E-state index in [9.17, 15) is 9.18 Å². The molecule has 0 aromatic heterocycles. The fourth-order valence-electron chi connectivity index (χ4n) is 2.04. The third-order valence-electron chi connectivity index (χ3n) is 4.31. The molecular formula is C17H27FN2O. The molecule has 0 aliphatic rings. The second kappa shape index (κ2) is 7.55. The van der Waals surface area contributed by atoms with E-state index in [-0.39, 0.29) is 29.1 Å². The fraction of sp³-hybridized carbons (Fsp3) is 0.588. The third-order valence-corrected chi connectivity index (χ3v) is 4.31. The molecule has 0 bridgehead atoms. The summed E-state index contributed by atoms with van der Waals surface area (Å²) >= 11 is 0. The van der Waals surface area contributed by atoms with Crippen molar-refractivity contribution in [3.05, 3.63) is 35.6 Å². The van der Waals surface area contributed by atoms with Crippen molar-refractivity contribution in [1.82, 2.24) is 5.32 Å². The van der Waals surface area contributed by atoms with Crippen molar-refractivity contribution in [3.63, 3.8) is 0 Å². The molecule has 0 aliphatic carbocycles. The van der Waals surface area contributed by atoms with Crippen molar-refractivity contribution in [1.29, 1.82) is 0 Å². The number of benzene rings is 1. The molecule has 118 valence electrons. The molecule has 0 radical (unpaired) electrons. The van der Waals surface area contributed by atoms with E-state index in [0.29, 0.717) is 19.4 Å². The van der Waals surface area contributed by atoms with E-state index < -0.39 is 0 Å². The number of halogens is 1. The monoisotopic (exact) mass is 294 g/mol. The van der Waals surface area contributed by atoms with Crippen LogP contribution in [0.25, 0.3) is 0 Å². The molecule has 0 aliphatic heterocycles. The van der Waals surface area contributed by atoms with Crippen molar-refractivity contribution in [3.8, 4) is 0 Å². The molecule has 0 fully saturated rings. The first kappa shape index (κ1) is 17.6. The molecule has 21 heavy (non-hydrogen) atoms. The lowest BCUT2D eigenvalue weighted by atomic mass is 9.87. The van der Waals surface area contributed by atoms with Gasteiger partial charge in [0, 0.05) is 12.5 Å². The Balaban J connectivity index is 2.55. The highest BCUT2D eigenvalue weighted by Gasteiger charge is 2.29. The fourth-order valence-corrected chi connectivity index (χ4v) is 2.04. The number of rotatable bonds is 7. The third kappa shape index (κ3) is 5.12. The van der Waals surface area contributed by atoms with Crippen LogP contribution in [0.2, 0.25) is 0 Å². The average molecular weight is 294 g/mol. The molecule has 1 aromatic carbocycles. The first-order valence-electron chi connectivity index (χ1n) is 7.55. The van der Waals surface area contributed by atoms with Crippen LogP contribution >= 0.6 is 0 Å². The Hall–Kier alpha value is -1.42. The maximum absolute atomic E-state index is 13.1. The lowest BCUT2D eigenvalue weighted by Gasteiger charge is -2.34. The highest BCUT2D eigenvalue weighted by molar-refractivity contribution is 5.79. The van der Waals surface area contributed by atoms with E-state index in [2.05, 4.69) is 5.32 Å². The highest BCUT2D eigenvalue weighted by atomic mass is 19.1. The molecule has 0 saturated heterocycles. The zero-order chi connectivity index (χ0) is 16.0. The van der Waals surface area contributed by atoms with E-state index in [1.807, 2.05) is 33.8 Å². The largest absolute Gasteiger partial charge is 0.349 e. The van der Waals surface area contributed by atoms with Crippen molar-refractivity contribution >= 4 is 5.91 Å². The Labute approximate surface area is 127 Å². The van der Waals surface area contributed by atoms with Gasteiger partial charge in [-0.1, -0.05) is 32.9 Å². The molecule has 1 rings (SSSR count). The second-order valence-corrected chi connectivity index (χ2v) is 6.34. The number of hydrogen-bond donors (Lipinski definition) is 2. The first-order valence-corrected chi connectivity index (χ1v) is 7.55. The molecule has 0 saturated carbocycles. The van der Waals surface area contributed by atoms with Gasteiger partial charge in [0.1, 0.15) is 5.82 Å². The smallest absolute Gasteiger partial charge is 0.223 e. The molecule has 0 spiro atoms. The lowest BCUT2D eigenvalue weighted by Crippen LogP contribution is -2.56. The lowest BCUT2D eigenvalue weighted by molar-refractivity contribution is -0.126. The molecule has 3 N–H and O–H groups in total. The number of nitrogens with one attached hydrogen (secondary N) is 1. The summed E-state index contributed by atoms with van der Waals surface area (Å²) in [5, 5.41) is 3.05. The Morgan fingerprint density at radius 2 is 2.05 bits per heavy atom. The van der Waals surface area contributed by atoms with Crippen LogP contribution in [0.5, 0.6) is 0 Å². The molecule has 2 atom stereocenters. The molecule has 2 unspecified atom stereocenters. The van der Waals surface area contributed by atoms with E-state index in [1.54, 1.807) is 6.07 Å². The minimum Gasteiger partial charge on any atom is -0.349 e. The van der Waals surface area contributed by atoms with Gasteiger partial charge in [-0.3, -0.25) is 4.79 Å². The van der Waals surface area contributed by atoms with Gasteiger partial charge in [-0.25, -0.2) is 4.39 Å². The van der Waals surface area contributed by atoms with Crippen molar-refractivity contribution in [2.24, 2.45) is 17.6 Å². The van der Waals surface area contributed by atoms with Crippen LogP contribution in [0.15, 0.2) is 24.3 Å². The summed E-state index contributed by atoms with van der Waals surface area (Å²) in [7, 11) is 0.